The predicted molar refractivity (Wildman–Crippen MR) is 110 cm³/mol. The summed E-state index contributed by atoms with van der Waals surface area (Å²) in [5, 5.41) is 10.1. The van der Waals surface area contributed by atoms with Crippen LogP contribution in [0.25, 0.3) is 0 Å². The number of anilines is 1. The quantitative estimate of drug-likeness (QED) is 0.721. The molecule has 1 N–H and O–H groups in total. The number of hydrogen-bond acceptors (Lipinski definition) is 6. The molecule has 1 aliphatic rings. The molecular weight excluding hydrogens is 372 g/mol. The van der Waals surface area contributed by atoms with Gasteiger partial charge in [0.05, 0.1) is 11.4 Å². The number of aromatic nitrogens is 2. The van der Waals surface area contributed by atoms with Gasteiger partial charge in [0, 0.05) is 30.9 Å². The van der Waals surface area contributed by atoms with Crippen molar-refractivity contribution in [3.05, 3.63) is 64.0 Å². The molecule has 0 unspecified atom stereocenters. The molecule has 0 aliphatic carbocycles. The number of hydrogen-bond donors (Lipinski definition) is 1. The lowest BCUT2D eigenvalue weighted by atomic mass is 9.70. The average Bonchev–Trinajstić information content (AvgIpc) is 3.35. The summed E-state index contributed by atoms with van der Waals surface area (Å²) in [5.41, 5.74) is 3.41. The molecule has 3 aromatic rings. The highest BCUT2D eigenvalue weighted by Crippen LogP contribution is 2.42. The molecule has 2 aromatic heterocycles. The van der Waals surface area contributed by atoms with E-state index in [2.05, 4.69) is 40.1 Å². The second kappa shape index (κ2) is 7.39. The first-order chi connectivity index (χ1) is 13.5. The second-order valence-electron chi connectivity index (χ2n) is 7.23. The van der Waals surface area contributed by atoms with Crippen LogP contribution in [0, 0.1) is 13.8 Å². The zero-order valence-corrected chi connectivity index (χ0v) is 17.2. The molecular formula is C21H24N4O2S. The molecule has 3 heterocycles. The van der Waals surface area contributed by atoms with Crippen LogP contribution < -0.4 is 5.32 Å². The van der Waals surface area contributed by atoms with Crippen molar-refractivity contribution in [2.24, 2.45) is 0 Å². The molecule has 0 bridgehead atoms. The largest absolute Gasteiger partial charge is 0.365 e. The molecule has 6 nitrogen and oxygen atoms in total. The number of nitrogens with zero attached hydrogens (tertiary/aromatic N) is 3. The van der Waals surface area contributed by atoms with Crippen molar-refractivity contribution >= 4 is 22.4 Å². The van der Waals surface area contributed by atoms with E-state index >= 15 is 0 Å². The van der Waals surface area contributed by atoms with Gasteiger partial charge in [0.15, 0.2) is 5.13 Å². The lowest BCUT2D eigenvalue weighted by Crippen LogP contribution is -2.46. The van der Waals surface area contributed by atoms with Crippen molar-refractivity contribution in [3.63, 3.8) is 0 Å². The van der Waals surface area contributed by atoms with Gasteiger partial charge in [-0.3, -0.25) is 4.79 Å². The van der Waals surface area contributed by atoms with Gasteiger partial charge in [-0.05, 0) is 32.3 Å². The Hall–Kier alpha value is -2.67. The van der Waals surface area contributed by atoms with Crippen molar-refractivity contribution in [1.82, 2.24) is 15.0 Å². The van der Waals surface area contributed by atoms with E-state index in [1.807, 2.05) is 24.9 Å². The number of carbonyl (C=O) groups excluding carboxylic acids is 1. The number of benzene rings is 1. The van der Waals surface area contributed by atoms with E-state index in [1.54, 1.807) is 18.3 Å². The normalized spacial score (nSPS) is 16.2. The summed E-state index contributed by atoms with van der Waals surface area (Å²) in [6.07, 6.45) is 1.66. The summed E-state index contributed by atoms with van der Waals surface area (Å²) >= 11 is 1.62. The Labute approximate surface area is 168 Å². The van der Waals surface area contributed by atoms with Gasteiger partial charge in [-0.2, -0.15) is 0 Å². The Morgan fingerprint density at radius 1 is 1.21 bits per heavy atom. The van der Waals surface area contributed by atoms with Crippen molar-refractivity contribution in [2.45, 2.75) is 32.1 Å². The Morgan fingerprint density at radius 2 is 1.93 bits per heavy atom. The summed E-state index contributed by atoms with van der Waals surface area (Å²) in [7, 11) is 1.89. The third-order valence-electron chi connectivity index (χ3n) is 5.69. The van der Waals surface area contributed by atoms with E-state index in [9.17, 15) is 4.79 Å². The molecule has 1 aliphatic heterocycles. The lowest BCUT2D eigenvalue weighted by molar-refractivity contribution is 0.0681. The second-order valence-corrected chi connectivity index (χ2v) is 8.09. The first kappa shape index (κ1) is 18.7. The number of nitrogens with one attached hydrogen (secondary N) is 1. The van der Waals surface area contributed by atoms with Crippen LogP contribution in [0.3, 0.4) is 0 Å². The Bertz CT molecular complexity index is 952. The van der Waals surface area contributed by atoms with Gasteiger partial charge >= 0.3 is 0 Å². The van der Waals surface area contributed by atoms with E-state index in [0.29, 0.717) is 30.1 Å². The minimum atomic E-state index is -0.178. The van der Waals surface area contributed by atoms with Crippen LogP contribution in [0.1, 0.15) is 45.9 Å². The van der Waals surface area contributed by atoms with Gasteiger partial charge in [0.2, 0.25) is 0 Å². The standard InChI is InChI=1S/C21H24N4O2S/c1-14-18(15(2)27-24-14)19(26)25-11-9-21(10-12-25,16-7-5-4-6-8-16)17-13-28-20(22-3)23-17/h4-8,13H,9-12H2,1-3H3,(H,22,23). The van der Waals surface area contributed by atoms with Gasteiger partial charge in [-0.15, -0.1) is 11.3 Å². The van der Waals surface area contributed by atoms with Crippen molar-refractivity contribution in [2.75, 3.05) is 25.5 Å². The molecule has 0 atom stereocenters. The molecule has 0 spiro atoms. The molecule has 4 rings (SSSR count). The number of thiazole rings is 1. The summed E-state index contributed by atoms with van der Waals surface area (Å²) in [6.45, 7) is 4.95. The maximum Gasteiger partial charge on any atom is 0.259 e. The topological polar surface area (TPSA) is 71.3 Å². The molecule has 146 valence electrons. The molecule has 1 saturated heterocycles. The van der Waals surface area contributed by atoms with Crippen molar-refractivity contribution < 1.29 is 9.32 Å². The average molecular weight is 397 g/mol. The zero-order chi connectivity index (χ0) is 19.7. The fraction of sp³-hybridized carbons (Fsp3) is 0.381. The highest BCUT2D eigenvalue weighted by atomic mass is 32.1. The van der Waals surface area contributed by atoms with Crippen LogP contribution in [0.5, 0.6) is 0 Å². The maximum atomic E-state index is 13.0. The third-order valence-corrected chi connectivity index (χ3v) is 6.55. The molecule has 1 amide bonds. The van der Waals surface area contributed by atoms with Crippen molar-refractivity contribution in [3.8, 4) is 0 Å². The fourth-order valence-corrected chi connectivity index (χ4v) is 4.87. The van der Waals surface area contributed by atoms with E-state index in [-0.39, 0.29) is 11.3 Å². The number of carbonyl (C=O) groups is 1. The molecule has 1 aromatic carbocycles. The van der Waals surface area contributed by atoms with Crippen LogP contribution in [-0.2, 0) is 5.41 Å². The van der Waals surface area contributed by atoms with Gasteiger partial charge in [0.1, 0.15) is 11.3 Å². The maximum absolute atomic E-state index is 13.0. The molecule has 0 radical (unpaired) electrons. The zero-order valence-electron chi connectivity index (χ0n) is 16.4. The van der Waals surface area contributed by atoms with Gasteiger partial charge in [0.25, 0.3) is 5.91 Å². The third kappa shape index (κ3) is 3.09. The Kier molecular flexibility index (Phi) is 4.93. The van der Waals surface area contributed by atoms with Gasteiger partial charge < -0.3 is 14.7 Å². The number of aryl methyl sites for hydroxylation is 2. The van der Waals surface area contributed by atoms with E-state index in [4.69, 9.17) is 9.51 Å². The van der Waals surface area contributed by atoms with Crippen LogP contribution in [-0.4, -0.2) is 41.1 Å². The van der Waals surface area contributed by atoms with Gasteiger partial charge in [-0.1, -0.05) is 35.5 Å². The number of amides is 1. The van der Waals surface area contributed by atoms with Crippen LogP contribution >= 0.6 is 11.3 Å². The van der Waals surface area contributed by atoms with E-state index in [1.165, 1.54) is 5.56 Å². The first-order valence-corrected chi connectivity index (χ1v) is 10.3. The SMILES string of the molecule is CNc1nc(C2(c3ccccc3)CCN(C(=O)c3c(C)noc3C)CC2)cs1. The molecule has 7 heteroatoms. The molecule has 0 saturated carbocycles. The Morgan fingerprint density at radius 3 is 2.50 bits per heavy atom. The monoisotopic (exact) mass is 396 g/mol. The number of rotatable bonds is 4. The first-order valence-electron chi connectivity index (χ1n) is 9.46. The molecule has 28 heavy (non-hydrogen) atoms. The highest BCUT2D eigenvalue weighted by Gasteiger charge is 2.41. The van der Waals surface area contributed by atoms with Crippen LogP contribution in [0.4, 0.5) is 5.13 Å². The number of piperidine rings is 1. The van der Waals surface area contributed by atoms with Crippen LogP contribution in [0.2, 0.25) is 0 Å². The summed E-state index contributed by atoms with van der Waals surface area (Å²) in [4.78, 5) is 19.8. The number of likely N-dealkylation sites (tertiary alicyclic amines) is 1. The molecule has 1 fully saturated rings. The smallest absolute Gasteiger partial charge is 0.259 e. The van der Waals surface area contributed by atoms with Gasteiger partial charge in [-0.25, -0.2) is 4.98 Å². The summed E-state index contributed by atoms with van der Waals surface area (Å²) in [5.74, 6) is 0.590. The minimum Gasteiger partial charge on any atom is -0.365 e. The van der Waals surface area contributed by atoms with Crippen LogP contribution in [0.15, 0.2) is 40.2 Å². The highest BCUT2D eigenvalue weighted by molar-refractivity contribution is 7.13. The predicted octanol–water partition coefficient (Wildman–Crippen LogP) is 4.01. The summed E-state index contributed by atoms with van der Waals surface area (Å²) in [6, 6.07) is 10.5. The van der Waals surface area contributed by atoms with E-state index < -0.39 is 0 Å². The van der Waals surface area contributed by atoms with E-state index in [0.717, 1.165) is 23.7 Å². The fourth-order valence-electron chi connectivity index (χ4n) is 4.10. The summed E-state index contributed by atoms with van der Waals surface area (Å²) < 4.78 is 5.19. The Balaban J connectivity index is 1.63. The van der Waals surface area contributed by atoms with Crippen molar-refractivity contribution in [1.29, 1.82) is 0 Å². The minimum absolute atomic E-state index is 0.00658. The lowest BCUT2D eigenvalue weighted by Gasteiger charge is -2.41.